The van der Waals surface area contributed by atoms with Gasteiger partial charge >= 0.3 is 0 Å². The van der Waals surface area contributed by atoms with Crippen LogP contribution in [0.1, 0.15) is 36.6 Å². The van der Waals surface area contributed by atoms with E-state index in [1.165, 1.54) is 0 Å². The predicted octanol–water partition coefficient (Wildman–Crippen LogP) is 6.19. The minimum atomic E-state index is -0.258. The molecule has 2 aromatic carbocycles. The van der Waals surface area contributed by atoms with Crippen LogP contribution in [0.25, 0.3) is 11.1 Å². The number of allylic oxidation sites excluding steroid dienone is 2. The second-order valence-corrected chi connectivity index (χ2v) is 8.38. The van der Waals surface area contributed by atoms with Gasteiger partial charge in [0.15, 0.2) is 5.78 Å². The first kappa shape index (κ1) is 18.5. The van der Waals surface area contributed by atoms with Crippen LogP contribution >= 0.6 is 23.2 Å². The maximum Gasteiger partial charge on any atom is 0.163 e. The zero-order valence-corrected chi connectivity index (χ0v) is 17.4. The number of fused-ring (bicyclic) bond motifs is 1. The van der Waals surface area contributed by atoms with Gasteiger partial charge in [-0.25, -0.2) is 4.68 Å². The lowest BCUT2D eigenvalue weighted by atomic mass is 9.85. The Hall–Kier alpha value is -2.56. The molecule has 0 fully saturated rings. The van der Waals surface area contributed by atoms with E-state index in [1.807, 2.05) is 60.1 Å². The van der Waals surface area contributed by atoms with E-state index in [4.69, 9.17) is 28.3 Å². The molecule has 4 nitrogen and oxygen atoms in total. The number of hydrogen-bond acceptors (Lipinski definition) is 3. The van der Waals surface area contributed by atoms with E-state index in [-0.39, 0.29) is 11.8 Å². The van der Waals surface area contributed by atoms with Crippen LogP contribution in [-0.4, -0.2) is 15.6 Å². The van der Waals surface area contributed by atoms with Crippen molar-refractivity contribution in [1.29, 1.82) is 0 Å². The molecule has 6 heteroatoms. The number of aromatic nitrogens is 2. The van der Waals surface area contributed by atoms with E-state index in [0.717, 1.165) is 52.3 Å². The molecule has 0 unspecified atom stereocenters. The van der Waals surface area contributed by atoms with Gasteiger partial charge in [0.25, 0.3) is 0 Å². The number of nitrogens with one attached hydrogen (secondary N) is 1. The number of benzene rings is 2. The third kappa shape index (κ3) is 3.07. The fraction of sp³-hybridized carbons (Fsp3) is 0.217. The van der Waals surface area contributed by atoms with Gasteiger partial charge in [-0.1, -0.05) is 47.5 Å². The van der Waals surface area contributed by atoms with Gasteiger partial charge in [-0.15, -0.1) is 0 Å². The molecule has 1 atom stereocenters. The molecule has 29 heavy (non-hydrogen) atoms. The van der Waals surface area contributed by atoms with Crippen LogP contribution in [0.2, 0.25) is 10.0 Å². The van der Waals surface area contributed by atoms with Gasteiger partial charge in [-0.3, -0.25) is 4.79 Å². The van der Waals surface area contributed by atoms with Crippen LogP contribution in [-0.2, 0) is 4.79 Å². The maximum atomic E-state index is 12.9. The summed E-state index contributed by atoms with van der Waals surface area (Å²) in [5.41, 5.74) is 5.80. The summed E-state index contributed by atoms with van der Waals surface area (Å²) in [7, 11) is 0. The largest absolute Gasteiger partial charge is 0.343 e. The highest BCUT2D eigenvalue weighted by Gasteiger charge is 2.37. The maximum absolute atomic E-state index is 12.9. The molecule has 1 aromatic heterocycles. The van der Waals surface area contributed by atoms with E-state index >= 15 is 0 Å². The SMILES string of the molecule is Cc1nn2c(c1-c1ccc(Cl)cc1)NC1=C(C(=O)CCC1)[C@@H]2c1ccc(Cl)cc1. The summed E-state index contributed by atoms with van der Waals surface area (Å²) in [5.74, 6) is 1.10. The molecular weight excluding hydrogens is 405 g/mol. The van der Waals surface area contributed by atoms with Crippen molar-refractivity contribution in [2.75, 3.05) is 5.32 Å². The van der Waals surface area contributed by atoms with Crippen LogP contribution in [0.4, 0.5) is 5.82 Å². The Labute approximate surface area is 179 Å². The number of carbonyl (C=O) groups is 1. The summed E-state index contributed by atoms with van der Waals surface area (Å²) >= 11 is 12.2. The van der Waals surface area contributed by atoms with Gasteiger partial charge < -0.3 is 5.32 Å². The monoisotopic (exact) mass is 423 g/mol. The minimum Gasteiger partial charge on any atom is -0.343 e. The molecule has 5 rings (SSSR count). The molecule has 0 spiro atoms. The number of nitrogens with zero attached hydrogens (tertiary/aromatic N) is 2. The molecule has 0 saturated heterocycles. The first-order valence-electron chi connectivity index (χ1n) is 9.66. The molecule has 2 aliphatic rings. The molecule has 2 heterocycles. The highest BCUT2D eigenvalue weighted by molar-refractivity contribution is 6.30. The van der Waals surface area contributed by atoms with Gasteiger partial charge in [-0.05, 0) is 55.2 Å². The lowest BCUT2D eigenvalue weighted by Crippen LogP contribution is -2.31. The van der Waals surface area contributed by atoms with E-state index < -0.39 is 0 Å². The van der Waals surface area contributed by atoms with Crippen molar-refractivity contribution in [1.82, 2.24) is 9.78 Å². The number of rotatable bonds is 2. The van der Waals surface area contributed by atoms with E-state index in [0.29, 0.717) is 16.5 Å². The second-order valence-electron chi connectivity index (χ2n) is 7.51. The molecule has 0 radical (unpaired) electrons. The third-order valence-corrected chi connectivity index (χ3v) is 6.15. The number of aryl methyl sites for hydroxylation is 1. The Balaban J connectivity index is 1.73. The fourth-order valence-electron chi connectivity index (χ4n) is 4.35. The van der Waals surface area contributed by atoms with Crippen LogP contribution in [0, 0.1) is 6.92 Å². The lowest BCUT2D eigenvalue weighted by molar-refractivity contribution is -0.116. The molecule has 1 N–H and O–H groups in total. The zero-order valence-electron chi connectivity index (χ0n) is 15.9. The van der Waals surface area contributed by atoms with Crippen molar-refractivity contribution >= 4 is 34.8 Å². The van der Waals surface area contributed by atoms with Crippen LogP contribution in [0.3, 0.4) is 0 Å². The number of anilines is 1. The van der Waals surface area contributed by atoms with Gasteiger partial charge in [0.1, 0.15) is 11.9 Å². The third-order valence-electron chi connectivity index (χ3n) is 5.65. The van der Waals surface area contributed by atoms with Crippen molar-refractivity contribution in [3.63, 3.8) is 0 Å². The zero-order chi connectivity index (χ0) is 20.1. The smallest absolute Gasteiger partial charge is 0.163 e. The topological polar surface area (TPSA) is 46.9 Å². The van der Waals surface area contributed by atoms with Gasteiger partial charge in [0.05, 0.1) is 5.69 Å². The first-order chi connectivity index (χ1) is 14.0. The Bertz CT molecular complexity index is 1140. The molecule has 0 bridgehead atoms. The van der Waals surface area contributed by atoms with E-state index in [1.54, 1.807) is 0 Å². The number of halogens is 2. The standard InChI is InChI=1S/C23H19Cl2N3O/c1-13-20(14-5-9-16(24)10-6-14)23-26-18-3-2-4-19(29)21(18)22(28(23)27-13)15-7-11-17(25)12-8-15/h5-12,22,26H,2-4H2,1H3/t22-/m0/s1. The average Bonchev–Trinajstić information content (AvgIpc) is 3.03. The van der Waals surface area contributed by atoms with Crippen molar-refractivity contribution in [2.45, 2.75) is 32.2 Å². The van der Waals surface area contributed by atoms with Crippen molar-refractivity contribution in [3.05, 3.63) is 81.1 Å². The predicted molar refractivity (Wildman–Crippen MR) is 117 cm³/mol. The summed E-state index contributed by atoms with van der Waals surface area (Å²) in [6, 6.07) is 15.2. The van der Waals surface area contributed by atoms with Gasteiger partial charge in [0, 0.05) is 33.3 Å². The van der Waals surface area contributed by atoms with Crippen LogP contribution in [0.15, 0.2) is 59.8 Å². The Morgan fingerprint density at radius 3 is 2.34 bits per heavy atom. The molecule has 3 aromatic rings. The summed E-state index contributed by atoms with van der Waals surface area (Å²) in [6.07, 6.45) is 2.29. The quantitative estimate of drug-likeness (QED) is 0.534. The molecule has 1 aliphatic heterocycles. The number of ketones is 1. The highest BCUT2D eigenvalue weighted by atomic mass is 35.5. The molecule has 0 saturated carbocycles. The fourth-order valence-corrected chi connectivity index (χ4v) is 4.60. The van der Waals surface area contributed by atoms with Crippen molar-refractivity contribution < 1.29 is 4.79 Å². The average molecular weight is 424 g/mol. The molecule has 0 amide bonds. The Kier molecular flexibility index (Phi) is 4.49. The van der Waals surface area contributed by atoms with Crippen LogP contribution in [0.5, 0.6) is 0 Å². The van der Waals surface area contributed by atoms with Crippen molar-refractivity contribution in [3.8, 4) is 11.1 Å². The van der Waals surface area contributed by atoms with E-state index in [9.17, 15) is 4.79 Å². The molecule has 1 aliphatic carbocycles. The summed E-state index contributed by atoms with van der Waals surface area (Å²) in [6.45, 7) is 2.00. The Morgan fingerprint density at radius 1 is 1.00 bits per heavy atom. The number of hydrogen-bond donors (Lipinski definition) is 1. The van der Waals surface area contributed by atoms with Crippen LogP contribution < -0.4 is 5.32 Å². The van der Waals surface area contributed by atoms with Crippen molar-refractivity contribution in [2.24, 2.45) is 0 Å². The highest BCUT2D eigenvalue weighted by Crippen LogP contribution is 2.45. The summed E-state index contributed by atoms with van der Waals surface area (Å²) in [5, 5.41) is 9.77. The lowest BCUT2D eigenvalue weighted by Gasteiger charge is -2.33. The van der Waals surface area contributed by atoms with Gasteiger partial charge in [-0.2, -0.15) is 5.10 Å². The molecular formula is C23H19Cl2N3O. The van der Waals surface area contributed by atoms with E-state index in [2.05, 4.69) is 5.32 Å². The second kappa shape index (κ2) is 7.05. The minimum absolute atomic E-state index is 0.186. The number of Topliss-reactive ketones (excluding diaryl/α,β-unsaturated/α-hetero) is 1. The first-order valence-corrected chi connectivity index (χ1v) is 10.4. The molecule has 146 valence electrons. The normalized spacial score (nSPS) is 18.3. The summed E-state index contributed by atoms with van der Waals surface area (Å²) in [4.78, 5) is 12.9. The van der Waals surface area contributed by atoms with Gasteiger partial charge in [0.2, 0.25) is 0 Å². The summed E-state index contributed by atoms with van der Waals surface area (Å²) < 4.78 is 1.95. The Morgan fingerprint density at radius 2 is 1.66 bits per heavy atom. The number of carbonyl (C=O) groups excluding carboxylic acids is 1.